The molecular weight excluding hydrogens is 446 g/mol. The Bertz CT molecular complexity index is 944. The van der Waals surface area contributed by atoms with Crippen molar-refractivity contribution in [3.8, 4) is 0 Å². The number of alkyl carbamates (subject to hydrolysis) is 2. The van der Waals surface area contributed by atoms with Crippen LogP contribution in [-0.4, -0.2) is 48.2 Å². The van der Waals surface area contributed by atoms with Crippen molar-refractivity contribution < 1.29 is 23.9 Å². The van der Waals surface area contributed by atoms with E-state index in [2.05, 4.69) is 10.6 Å². The molecule has 0 aliphatic carbocycles. The van der Waals surface area contributed by atoms with Crippen LogP contribution in [0.5, 0.6) is 0 Å². The van der Waals surface area contributed by atoms with Crippen molar-refractivity contribution in [2.75, 3.05) is 13.6 Å². The Morgan fingerprint density at radius 2 is 1.54 bits per heavy atom. The highest BCUT2D eigenvalue weighted by Crippen LogP contribution is 2.20. The lowest BCUT2D eigenvalue weighted by Gasteiger charge is -2.30. The summed E-state index contributed by atoms with van der Waals surface area (Å²) in [6, 6.07) is 18.1. The van der Waals surface area contributed by atoms with Gasteiger partial charge in [0.2, 0.25) is 5.91 Å². The van der Waals surface area contributed by atoms with Crippen molar-refractivity contribution in [2.45, 2.75) is 64.8 Å². The maximum Gasteiger partial charge on any atom is 0.408 e. The van der Waals surface area contributed by atoms with Crippen LogP contribution >= 0.6 is 0 Å². The van der Waals surface area contributed by atoms with E-state index in [1.807, 2.05) is 67.6 Å². The number of carbonyl (C=O) groups excluding carboxylic acids is 3. The van der Waals surface area contributed by atoms with E-state index in [0.29, 0.717) is 19.4 Å². The minimum Gasteiger partial charge on any atom is -0.445 e. The zero-order chi connectivity index (χ0) is 25.8. The van der Waals surface area contributed by atoms with Crippen LogP contribution in [0.3, 0.4) is 0 Å². The Balaban J connectivity index is 1.92. The quantitative estimate of drug-likeness (QED) is 0.473. The Labute approximate surface area is 208 Å². The van der Waals surface area contributed by atoms with E-state index in [1.54, 1.807) is 32.7 Å². The third-order valence-electron chi connectivity index (χ3n) is 5.35. The van der Waals surface area contributed by atoms with Crippen LogP contribution in [-0.2, 0) is 20.9 Å². The first-order valence-corrected chi connectivity index (χ1v) is 11.8. The number of ether oxygens (including phenoxy) is 2. The molecule has 0 heterocycles. The summed E-state index contributed by atoms with van der Waals surface area (Å²) in [6.45, 7) is 7.69. The van der Waals surface area contributed by atoms with Gasteiger partial charge in [-0.2, -0.15) is 0 Å². The van der Waals surface area contributed by atoms with Crippen LogP contribution in [0.4, 0.5) is 9.59 Å². The first kappa shape index (κ1) is 27.7. The number of nitrogens with zero attached hydrogens (tertiary/aromatic N) is 1. The van der Waals surface area contributed by atoms with Gasteiger partial charge in [-0.1, -0.05) is 60.7 Å². The van der Waals surface area contributed by atoms with Crippen molar-refractivity contribution >= 4 is 18.1 Å². The molecule has 190 valence electrons. The van der Waals surface area contributed by atoms with E-state index in [4.69, 9.17) is 9.47 Å². The summed E-state index contributed by atoms with van der Waals surface area (Å²) in [5, 5.41) is 5.39. The Kier molecular flexibility index (Phi) is 10.6. The predicted molar refractivity (Wildman–Crippen MR) is 135 cm³/mol. The molecule has 3 amide bonds. The van der Waals surface area contributed by atoms with Crippen molar-refractivity contribution in [3.63, 3.8) is 0 Å². The van der Waals surface area contributed by atoms with Crippen LogP contribution in [0, 0.1) is 0 Å². The summed E-state index contributed by atoms with van der Waals surface area (Å²) in [7, 11) is 1.71. The van der Waals surface area contributed by atoms with Gasteiger partial charge in [-0.25, -0.2) is 9.59 Å². The fraction of sp³-hybridized carbons (Fsp3) is 0.444. The molecule has 0 bridgehead atoms. The van der Waals surface area contributed by atoms with Crippen molar-refractivity contribution in [1.82, 2.24) is 15.5 Å². The second kappa shape index (κ2) is 13.4. The van der Waals surface area contributed by atoms with Crippen LogP contribution in [0.1, 0.15) is 57.7 Å². The van der Waals surface area contributed by atoms with Gasteiger partial charge in [0.25, 0.3) is 0 Å². The van der Waals surface area contributed by atoms with Gasteiger partial charge in [-0.3, -0.25) is 4.79 Å². The van der Waals surface area contributed by atoms with Gasteiger partial charge in [0.15, 0.2) is 0 Å². The third-order valence-corrected chi connectivity index (χ3v) is 5.35. The maximum atomic E-state index is 13.3. The fourth-order valence-corrected chi connectivity index (χ4v) is 3.37. The molecule has 2 N–H and O–H groups in total. The number of hydrogen-bond acceptors (Lipinski definition) is 5. The molecule has 0 aliphatic heterocycles. The van der Waals surface area contributed by atoms with E-state index in [1.165, 1.54) is 0 Å². The summed E-state index contributed by atoms with van der Waals surface area (Å²) < 4.78 is 10.6. The van der Waals surface area contributed by atoms with Gasteiger partial charge in [-0.05, 0) is 51.7 Å². The van der Waals surface area contributed by atoms with E-state index in [9.17, 15) is 14.4 Å². The zero-order valence-electron chi connectivity index (χ0n) is 21.2. The summed E-state index contributed by atoms with van der Waals surface area (Å²) in [6.07, 6.45) is -0.415. The monoisotopic (exact) mass is 483 g/mol. The summed E-state index contributed by atoms with van der Waals surface area (Å²) >= 11 is 0. The molecule has 2 aromatic carbocycles. The van der Waals surface area contributed by atoms with Gasteiger partial charge in [-0.15, -0.1) is 0 Å². The van der Waals surface area contributed by atoms with Gasteiger partial charge < -0.3 is 25.0 Å². The molecule has 0 saturated heterocycles. The maximum absolute atomic E-state index is 13.3. The van der Waals surface area contributed by atoms with Gasteiger partial charge in [0.1, 0.15) is 18.2 Å². The molecule has 0 aliphatic rings. The molecule has 2 aromatic rings. The number of nitrogens with one attached hydrogen (secondary N) is 2. The zero-order valence-corrected chi connectivity index (χ0v) is 21.2. The highest BCUT2D eigenvalue weighted by Gasteiger charge is 2.28. The SMILES string of the molecule is C[C@H](c1ccccc1)N(C)C(=O)[C@@H](CCCNC(=O)OCc1ccccc1)NC(=O)OC(C)(C)C. The van der Waals surface area contributed by atoms with E-state index >= 15 is 0 Å². The number of likely N-dealkylation sites (N-methyl/N-ethyl adjacent to an activating group) is 1. The largest absolute Gasteiger partial charge is 0.445 e. The lowest BCUT2D eigenvalue weighted by molar-refractivity contribution is -0.134. The summed E-state index contributed by atoms with van der Waals surface area (Å²) in [5.74, 6) is -0.237. The molecule has 8 nitrogen and oxygen atoms in total. The van der Waals surface area contributed by atoms with E-state index < -0.39 is 23.8 Å². The molecule has 8 heteroatoms. The van der Waals surface area contributed by atoms with Crippen LogP contribution in [0.15, 0.2) is 60.7 Å². The Morgan fingerprint density at radius 3 is 2.14 bits per heavy atom. The summed E-state index contributed by atoms with van der Waals surface area (Å²) in [4.78, 5) is 39.3. The van der Waals surface area contributed by atoms with Crippen molar-refractivity contribution in [1.29, 1.82) is 0 Å². The first-order chi connectivity index (χ1) is 16.6. The van der Waals surface area contributed by atoms with Crippen LogP contribution in [0.25, 0.3) is 0 Å². The smallest absolute Gasteiger partial charge is 0.408 e. The normalized spacial score (nSPS) is 12.7. The molecule has 35 heavy (non-hydrogen) atoms. The van der Waals surface area contributed by atoms with E-state index in [-0.39, 0.29) is 18.6 Å². The number of hydrogen-bond donors (Lipinski definition) is 2. The summed E-state index contributed by atoms with van der Waals surface area (Å²) in [5.41, 5.74) is 1.19. The standard InChI is InChI=1S/C27H37N3O5/c1-20(22-15-10-7-11-16-22)30(5)24(31)23(29-26(33)35-27(2,3)4)17-12-18-28-25(32)34-19-21-13-8-6-9-14-21/h6-11,13-16,20,23H,12,17-19H2,1-5H3,(H,28,32)(H,29,33)/t20-,23-/m1/s1. The third kappa shape index (κ3) is 10.1. The number of benzene rings is 2. The highest BCUT2D eigenvalue weighted by atomic mass is 16.6. The topological polar surface area (TPSA) is 97.0 Å². The van der Waals surface area contributed by atoms with Crippen LogP contribution < -0.4 is 10.6 Å². The van der Waals surface area contributed by atoms with Crippen LogP contribution in [0.2, 0.25) is 0 Å². The molecule has 0 radical (unpaired) electrons. The van der Waals surface area contributed by atoms with Gasteiger partial charge >= 0.3 is 12.2 Å². The number of rotatable bonds is 10. The highest BCUT2D eigenvalue weighted by molar-refractivity contribution is 5.86. The van der Waals surface area contributed by atoms with Gasteiger partial charge in [0.05, 0.1) is 6.04 Å². The van der Waals surface area contributed by atoms with Crippen molar-refractivity contribution in [3.05, 3.63) is 71.8 Å². The minimum atomic E-state index is -0.803. The average molecular weight is 484 g/mol. The lowest BCUT2D eigenvalue weighted by atomic mass is 10.0. The molecule has 2 rings (SSSR count). The van der Waals surface area contributed by atoms with Crippen molar-refractivity contribution in [2.24, 2.45) is 0 Å². The number of amides is 3. The molecule has 0 spiro atoms. The molecule has 2 atom stereocenters. The van der Waals surface area contributed by atoms with Gasteiger partial charge in [0, 0.05) is 13.6 Å². The Hall–Kier alpha value is -3.55. The molecule has 0 saturated carbocycles. The predicted octanol–water partition coefficient (Wildman–Crippen LogP) is 4.81. The molecular formula is C27H37N3O5. The fourth-order valence-electron chi connectivity index (χ4n) is 3.37. The average Bonchev–Trinajstić information content (AvgIpc) is 2.83. The molecule has 0 fully saturated rings. The molecule has 0 unspecified atom stereocenters. The minimum absolute atomic E-state index is 0.177. The Morgan fingerprint density at radius 1 is 0.943 bits per heavy atom. The second-order valence-corrected chi connectivity index (χ2v) is 9.37. The number of carbonyl (C=O) groups is 3. The lowest BCUT2D eigenvalue weighted by Crippen LogP contribution is -2.49. The van der Waals surface area contributed by atoms with E-state index in [0.717, 1.165) is 11.1 Å². The first-order valence-electron chi connectivity index (χ1n) is 11.8. The molecule has 0 aromatic heterocycles. The second-order valence-electron chi connectivity index (χ2n) is 9.37.